The van der Waals surface area contributed by atoms with Crippen LogP contribution < -0.4 is 10.1 Å². The quantitative estimate of drug-likeness (QED) is 0.685. The van der Waals surface area contributed by atoms with Crippen molar-refractivity contribution in [1.29, 1.82) is 0 Å². The van der Waals surface area contributed by atoms with Crippen LogP contribution in [0, 0.1) is 12.8 Å². The molecule has 32 heavy (non-hydrogen) atoms. The Labute approximate surface area is 189 Å². The molecule has 2 unspecified atom stereocenters. The second-order valence-corrected chi connectivity index (χ2v) is 10.4. The molecule has 0 aliphatic carbocycles. The van der Waals surface area contributed by atoms with E-state index in [1.165, 1.54) is 4.31 Å². The number of benzene rings is 2. The molecule has 0 bridgehead atoms. The van der Waals surface area contributed by atoms with Gasteiger partial charge in [0.15, 0.2) is 0 Å². The maximum atomic E-state index is 13.1. The Bertz CT molecular complexity index is 1040. The SMILES string of the molecule is Cc1ccc(NC(=O)C2CCCN(S(=O)(=O)c3ccccc3)C2)c(OCC2CCCO2)c1. The van der Waals surface area contributed by atoms with Gasteiger partial charge in [0, 0.05) is 19.7 Å². The summed E-state index contributed by atoms with van der Waals surface area (Å²) in [6.45, 7) is 3.76. The summed E-state index contributed by atoms with van der Waals surface area (Å²) < 4.78 is 39.0. The summed E-state index contributed by atoms with van der Waals surface area (Å²) in [6.07, 6.45) is 3.37. The highest BCUT2D eigenvalue weighted by Crippen LogP contribution is 2.29. The van der Waals surface area contributed by atoms with Crippen LogP contribution in [-0.2, 0) is 19.6 Å². The Balaban J connectivity index is 1.43. The molecule has 4 rings (SSSR count). The molecule has 2 saturated heterocycles. The smallest absolute Gasteiger partial charge is 0.243 e. The second-order valence-electron chi connectivity index (χ2n) is 8.45. The maximum Gasteiger partial charge on any atom is 0.243 e. The number of carbonyl (C=O) groups is 1. The summed E-state index contributed by atoms with van der Waals surface area (Å²) in [5.74, 6) is -0.00300. The average Bonchev–Trinajstić information content (AvgIpc) is 3.33. The van der Waals surface area contributed by atoms with E-state index in [0.717, 1.165) is 25.0 Å². The minimum Gasteiger partial charge on any atom is -0.489 e. The number of amides is 1. The Morgan fingerprint density at radius 2 is 1.97 bits per heavy atom. The molecule has 8 heteroatoms. The number of nitrogens with one attached hydrogen (secondary N) is 1. The third-order valence-corrected chi connectivity index (χ3v) is 7.86. The van der Waals surface area contributed by atoms with Gasteiger partial charge in [0.2, 0.25) is 15.9 Å². The molecule has 1 N–H and O–H groups in total. The van der Waals surface area contributed by atoms with E-state index >= 15 is 0 Å². The lowest BCUT2D eigenvalue weighted by molar-refractivity contribution is -0.120. The molecule has 2 aliphatic rings. The van der Waals surface area contributed by atoms with Gasteiger partial charge in [-0.2, -0.15) is 4.31 Å². The number of aryl methyl sites for hydroxylation is 1. The van der Waals surface area contributed by atoms with E-state index in [1.807, 2.05) is 25.1 Å². The number of hydrogen-bond donors (Lipinski definition) is 1. The standard InChI is InChI=1S/C24H30N2O5S/c1-18-11-12-22(23(15-18)31-17-20-8-6-14-30-20)25-24(27)19-7-5-13-26(16-19)32(28,29)21-9-3-2-4-10-21/h2-4,9-12,15,19-20H,5-8,13-14,16-17H2,1H3,(H,25,27). The highest BCUT2D eigenvalue weighted by molar-refractivity contribution is 7.89. The lowest BCUT2D eigenvalue weighted by Gasteiger charge is -2.31. The van der Waals surface area contributed by atoms with Gasteiger partial charge in [-0.05, 0) is 62.4 Å². The first-order valence-corrected chi connectivity index (χ1v) is 12.6. The van der Waals surface area contributed by atoms with Gasteiger partial charge in [-0.15, -0.1) is 0 Å². The molecular formula is C24H30N2O5S. The largest absolute Gasteiger partial charge is 0.489 e. The fourth-order valence-electron chi connectivity index (χ4n) is 4.16. The van der Waals surface area contributed by atoms with E-state index in [9.17, 15) is 13.2 Å². The number of ether oxygens (including phenoxy) is 2. The first-order chi connectivity index (χ1) is 15.4. The van der Waals surface area contributed by atoms with Gasteiger partial charge in [-0.25, -0.2) is 8.42 Å². The third kappa shape index (κ3) is 5.31. The highest BCUT2D eigenvalue weighted by Gasteiger charge is 2.33. The molecule has 0 radical (unpaired) electrons. The van der Waals surface area contributed by atoms with Crippen LogP contribution in [0.1, 0.15) is 31.2 Å². The zero-order valence-corrected chi connectivity index (χ0v) is 19.1. The molecule has 2 heterocycles. The van der Waals surface area contributed by atoms with Crippen molar-refractivity contribution in [3.8, 4) is 5.75 Å². The Hall–Kier alpha value is -2.42. The second kappa shape index (κ2) is 10.0. The third-order valence-electron chi connectivity index (χ3n) is 5.98. The first-order valence-electron chi connectivity index (χ1n) is 11.1. The zero-order chi connectivity index (χ0) is 22.6. The molecule has 0 aromatic heterocycles. The van der Waals surface area contributed by atoms with E-state index in [4.69, 9.17) is 9.47 Å². The average molecular weight is 459 g/mol. The normalized spacial score (nSPS) is 21.9. The van der Waals surface area contributed by atoms with Crippen molar-refractivity contribution in [2.24, 2.45) is 5.92 Å². The molecule has 0 spiro atoms. The number of carbonyl (C=O) groups excluding carboxylic acids is 1. The fourth-order valence-corrected chi connectivity index (χ4v) is 5.71. The van der Waals surface area contributed by atoms with Crippen LogP contribution in [0.15, 0.2) is 53.4 Å². The summed E-state index contributed by atoms with van der Waals surface area (Å²) in [7, 11) is -3.62. The molecule has 172 valence electrons. The van der Waals surface area contributed by atoms with Gasteiger partial charge in [0.25, 0.3) is 0 Å². The molecular weight excluding hydrogens is 428 g/mol. The van der Waals surface area contributed by atoms with Crippen LogP contribution in [0.25, 0.3) is 0 Å². The van der Waals surface area contributed by atoms with Gasteiger partial charge < -0.3 is 14.8 Å². The van der Waals surface area contributed by atoms with Gasteiger partial charge in [0.05, 0.1) is 22.6 Å². The lowest BCUT2D eigenvalue weighted by Crippen LogP contribution is -2.43. The summed E-state index contributed by atoms with van der Waals surface area (Å²) in [5.41, 5.74) is 1.63. The number of hydrogen-bond acceptors (Lipinski definition) is 5. The van der Waals surface area contributed by atoms with Crippen molar-refractivity contribution in [2.45, 2.75) is 43.6 Å². The molecule has 7 nitrogen and oxygen atoms in total. The van der Waals surface area contributed by atoms with Gasteiger partial charge >= 0.3 is 0 Å². The van der Waals surface area contributed by atoms with Gasteiger partial charge in [-0.3, -0.25) is 4.79 Å². The fraction of sp³-hybridized carbons (Fsp3) is 0.458. The van der Waals surface area contributed by atoms with Crippen molar-refractivity contribution < 1.29 is 22.7 Å². The molecule has 2 aromatic carbocycles. The predicted octanol–water partition coefficient (Wildman–Crippen LogP) is 3.59. The minimum absolute atomic E-state index is 0.0779. The van der Waals surface area contributed by atoms with E-state index in [2.05, 4.69) is 5.32 Å². The van der Waals surface area contributed by atoms with E-state index in [0.29, 0.717) is 37.4 Å². The Morgan fingerprint density at radius 3 is 2.72 bits per heavy atom. The topological polar surface area (TPSA) is 84.9 Å². The number of rotatable bonds is 7. The Kier molecular flexibility index (Phi) is 7.13. The monoisotopic (exact) mass is 458 g/mol. The van der Waals surface area contributed by atoms with Crippen LogP contribution in [0.2, 0.25) is 0 Å². The molecule has 0 saturated carbocycles. The van der Waals surface area contributed by atoms with Crippen molar-refractivity contribution >= 4 is 21.6 Å². The molecule has 2 atom stereocenters. The van der Waals surface area contributed by atoms with Crippen molar-refractivity contribution in [1.82, 2.24) is 4.31 Å². The zero-order valence-electron chi connectivity index (χ0n) is 18.3. The van der Waals surface area contributed by atoms with E-state index < -0.39 is 15.9 Å². The van der Waals surface area contributed by atoms with Crippen LogP contribution >= 0.6 is 0 Å². The van der Waals surface area contributed by atoms with Crippen molar-refractivity contribution in [2.75, 3.05) is 31.6 Å². The van der Waals surface area contributed by atoms with Crippen molar-refractivity contribution in [3.05, 3.63) is 54.1 Å². The van der Waals surface area contributed by atoms with E-state index in [-0.39, 0.29) is 23.5 Å². The summed E-state index contributed by atoms with van der Waals surface area (Å²) in [6, 6.07) is 14.0. The van der Waals surface area contributed by atoms with Gasteiger partial charge in [-0.1, -0.05) is 24.3 Å². The first kappa shape index (κ1) is 22.8. The summed E-state index contributed by atoms with van der Waals surface area (Å²) in [5, 5.41) is 2.97. The molecule has 2 fully saturated rings. The van der Waals surface area contributed by atoms with Gasteiger partial charge in [0.1, 0.15) is 12.4 Å². The predicted molar refractivity (Wildman–Crippen MR) is 122 cm³/mol. The van der Waals surface area contributed by atoms with Crippen molar-refractivity contribution in [3.63, 3.8) is 0 Å². The molecule has 2 aromatic rings. The number of piperidine rings is 1. The van der Waals surface area contributed by atoms with Crippen LogP contribution in [0.5, 0.6) is 5.75 Å². The maximum absolute atomic E-state index is 13.1. The number of sulfonamides is 1. The molecule has 1 amide bonds. The van der Waals surface area contributed by atoms with Crippen LogP contribution in [0.3, 0.4) is 0 Å². The molecule has 2 aliphatic heterocycles. The number of anilines is 1. The lowest BCUT2D eigenvalue weighted by atomic mass is 9.98. The number of nitrogens with zero attached hydrogens (tertiary/aromatic N) is 1. The van der Waals surface area contributed by atoms with Crippen LogP contribution in [-0.4, -0.2) is 51.0 Å². The minimum atomic E-state index is -3.62. The summed E-state index contributed by atoms with van der Waals surface area (Å²) in [4.78, 5) is 13.3. The Morgan fingerprint density at radius 1 is 1.16 bits per heavy atom. The summed E-state index contributed by atoms with van der Waals surface area (Å²) >= 11 is 0. The van der Waals surface area contributed by atoms with Crippen LogP contribution in [0.4, 0.5) is 5.69 Å². The highest BCUT2D eigenvalue weighted by atomic mass is 32.2. The van der Waals surface area contributed by atoms with E-state index in [1.54, 1.807) is 30.3 Å².